The van der Waals surface area contributed by atoms with E-state index in [1.54, 1.807) is 47.7 Å². The van der Waals surface area contributed by atoms with E-state index in [1.807, 2.05) is 71.2 Å². The first-order valence-corrected chi connectivity index (χ1v) is 31.7. The Morgan fingerprint density at radius 3 is 1.92 bits per heavy atom. The molecule has 0 unspecified atom stereocenters. The van der Waals surface area contributed by atoms with Gasteiger partial charge >= 0.3 is 23.8 Å². The third kappa shape index (κ3) is 16.9. The number of aromatic nitrogens is 3. The molecule has 22 nitrogen and oxygen atoms in total. The molecular formula is C53H85N9O13Si2. The fraction of sp³-hybridized carbons (Fsp3) is 0.623. The van der Waals surface area contributed by atoms with E-state index in [9.17, 15) is 38.4 Å². The second-order valence-corrected chi connectivity index (χ2v) is 34.3. The van der Waals surface area contributed by atoms with Crippen LogP contribution in [0.15, 0.2) is 64.3 Å². The molecule has 6 amide bonds. The third-order valence-corrected chi connectivity index (χ3v) is 23.0. The number of urea groups is 1. The number of ether oxygens (including phenoxy) is 3. The maximum atomic E-state index is 14.8. The summed E-state index contributed by atoms with van der Waals surface area (Å²) in [6, 6.07) is 1.35. The minimum absolute atomic E-state index is 0.0424. The number of esters is 1. The number of para-hydroxylation sites is 1. The van der Waals surface area contributed by atoms with Gasteiger partial charge in [-0.2, -0.15) is 0 Å². The molecule has 77 heavy (non-hydrogen) atoms. The molecule has 4 rings (SSSR count). The van der Waals surface area contributed by atoms with Crippen molar-refractivity contribution in [2.75, 3.05) is 7.05 Å². The molecule has 0 bridgehead atoms. The third-order valence-electron chi connectivity index (χ3n) is 14.0. The van der Waals surface area contributed by atoms with E-state index >= 15 is 0 Å². The molecular weight excluding hydrogens is 1030 g/mol. The molecule has 1 fully saturated rings. The molecule has 1 aliphatic rings. The van der Waals surface area contributed by atoms with Gasteiger partial charge in [-0.3, -0.25) is 28.7 Å². The van der Waals surface area contributed by atoms with E-state index in [-0.39, 0.29) is 22.3 Å². The molecule has 0 saturated carbocycles. The number of carbonyl (C=O) groups excluding carboxylic acids is 6. The van der Waals surface area contributed by atoms with E-state index in [0.29, 0.717) is 0 Å². The number of fused-ring (bicyclic) bond motifs is 1. The first-order valence-electron chi connectivity index (χ1n) is 25.9. The Balaban J connectivity index is 1.74. The Morgan fingerprint density at radius 2 is 1.35 bits per heavy atom. The van der Waals surface area contributed by atoms with Gasteiger partial charge in [-0.1, -0.05) is 59.7 Å². The van der Waals surface area contributed by atoms with Crippen LogP contribution in [0.2, 0.25) is 36.3 Å². The molecule has 0 radical (unpaired) electrons. The molecule has 8 atom stereocenters. The highest BCUT2D eigenvalue weighted by Crippen LogP contribution is 2.46. The maximum absolute atomic E-state index is 14.8. The summed E-state index contributed by atoms with van der Waals surface area (Å²) in [6.07, 6.45) is 0.291. The van der Waals surface area contributed by atoms with E-state index < -0.39 is 124 Å². The summed E-state index contributed by atoms with van der Waals surface area (Å²) in [5.74, 6) is -3.01. The highest BCUT2D eigenvalue weighted by atomic mass is 28.4. The van der Waals surface area contributed by atoms with Crippen LogP contribution in [0.4, 0.5) is 9.59 Å². The Hall–Kier alpha value is -6.25. The van der Waals surface area contributed by atoms with Gasteiger partial charge in [0.25, 0.3) is 5.56 Å². The molecule has 24 heteroatoms. The second-order valence-electron chi connectivity index (χ2n) is 24.8. The van der Waals surface area contributed by atoms with Gasteiger partial charge in [-0.15, -0.1) is 0 Å². The number of likely N-dealkylation sites (N-methyl/N-ethyl adjacent to an activating group) is 1. The molecule has 3 heterocycles. The lowest BCUT2D eigenvalue weighted by molar-refractivity contribution is -0.157. The number of benzene rings is 1. The summed E-state index contributed by atoms with van der Waals surface area (Å²) in [5.41, 5.74) is -1.60. The van der Waals surface area contributed by atoms with Crippen molar-refractivity contribution in [3.05, 3.63) is 81.1 Å². The number of carbonyl (C=O) groups is 6. The zero-order valence-electron chi connectivity index (χ0n) is 48.6. The van der Waals surface area contributed by atoms with Crippen LogP contribution >= 0.6 is 0 Å². The van der Waals surface area contributed by atoms with Crippen molar-refractivity contribution in [2.45, 2.75) is 206 Å². The van der Waals surface area contributed by atoms with Crippen molar-refractivity contribution in [3.8, 4) is 0 Å². The summed E-state index contributed by atoms with van der Waals surface area (Å²) < 4.78 is 32.9. The average Bonchev–Trinajstić information content (AvgIpc) is 3.83. The standard InChI is InChI=1S/C53H85N9O13Si2/c1-30(56-47(68)58-36(46(67)72-50(4,5)6)27-33-28-54-35-24-22-21-23-34(33)35)42(64)60-39(32(3)61(16)44(66)31(2)57-49(70)73-51(7,8)9)43(65)55-29-37-40(74-76(17,18)52(10,11)12)41(75-77(19,20)53(13,14)15)45(71-37)62-26-25-38(63)59-48(62)69/h21-26,28-32,36,39-41,45,54H,27H2,1-20H3,(H,55,65)(H,57,70)(H,60,64)(H2,56,58,68)(H,59,63,69)/b37-29+/t30-,31-,32-,36-,39-,40+,41+,45+/m0/s1. The lowest BCUT2D eigenvalue weighted by Crippen LogP contribution is -2.62. The van der Waals surface area contributed by atoms with E-state index in [4.69, 9.17) is 23.1 Å². The van der Waals surface area contributed by atoms with Gasteiger partial charge in [0.05, 0.1) is 6.04 Å². The van der Waals surface area contributed by atoms with Crippen LogP contribution in [0.5, 0.6) is 0 Å². The summed E-state index contributed by atoms with van der Waals surface area (Å²) >= 11 is 0. The first-order chi connectivity index (χ1) is 35.1. The fourth-order valence-electron chi connectivity index (χ4n) is 7.54. The minimum Gasteiger partial charge on any atom is -0.467 e. The highest BCUT2D eigenvalue weighted by molar-refractivity contribution is 6.74. The number of amides is 6. The highest BCUT2D eigenvalue weighted by Gasteiger charge is 2.53. The Labute approximate surface area is 454 Å². The number of hydrogen-bond donors (Lipinski definition) is 7. The van der Waals surface area contributed by atoms with Gasteiger partial charge in [0.2, 0.25) is 23.9 Å². The normalized spacial score (nSPS) is 19.0. The first kappa shape index (κ1) is 63.3. The van der Waals surface area contributed by atoms with Gasteiger partial charge in [0, 0.05) is 49.0 Å². The lowest BCUT2D eigenvalue weighted by atomic mass is 10.0. The number of nitrogens with zero attached hydrogens (tertiary/aromatic N) is 2. The molecule has 3 aromatic rings. The van der Waals surface area contributed by atoms with E-state index in [1.165, 1.54) is 55.7 Å². The largest absolute Gasteiger partial charge is 0.467 e. The molecule has 1 saturated heterocycles. The SMILES string of the molecule is C[C@H](NC(=O)N[C@@H](Cc1c[nH]c2ccccc12)C(=O)OC(C)(C)C)C(=O)N[C@H](C(=O)N/C=C1/O[C@@H](n2ccc(=O)[nH]c2=O)[C@H](O[Si](C)(C)C(C)(C)C)[C@@H]1O[Si](C)(C)C(C)(C)C)[C@H](C)N(C)C(=O)[C@H](C)NC(=O)OC(C)(C)C. The summed E-state index contributed by atoms with van der Waals surface area (Å²) in [7, 11) is -4.06. The molecule has 0 aliphatic carbocycles. The van der Waals surface area contributed by atoms with Crippen LogP contribution in [0.3, 0.4) is 0 Å². The second kappa shape index (κ2) is 24.2. The van der Waals surface area contributed by atoms with Crippen LogP contribution in [-0.2, 0) is 48.7 Å². The Kier molecular flexibility index (Phi) is 19.9. The number of rotatable bonds is 18. The maximum Gasteiger partial charge on any atom is 0.408 e. The minimum atomic E-state index is -2.74. The van der Waals surface area contributed by atoms with Gasteiger partial charge in [0.1, 0.15) is 53.3 Å². The molecule has 7 N–H and O–H groups in total. The number of alkyl carbamates (subject to hydrolysis) is 1. The van der Waals surface area contributed by atoms with Crippen LogP contribution in [-0.4, -0.2) is 133 Å². The molecule has 1 aliphatic heterocycles. The topological polar surface area (TPSA) is 283 Å². The zero-order valence-corrected chi connectivity index (χ0v) is 50.6. The number of hydrogen-bond acceptors (Lipinski definition) is 13. The van der Waals surface area contributed by atoms with Crippen LogP contribution in [0, 0.1) is 0 Å². The van der Waals surface area contributed by atoms with Crippen LogP contribution < -0.4 is 37.8 Å². The van der Waals surface area contributed by atoms with Crippen molar-refractivity contribution in [2.24, 2.45) is 0 Å². The number of nitrogens with one attached hydrogen (secondary N) is 7. The van der Waals surface area contributed by atoms with Crippen molar-refractivity contribution in [1.29, 1.82) is 0 Å². The van der Waals surface area contributed by atoms with Gasteiger partial charge < -0.3 is 59.5 Å². The molecule has 428 valence electrons. The predicted octanol–water partition coefficient (Wildman–Crippen LogP) is 6.17. The molecule has 0 spiro atoms. The summed E-state index contributed by atoms with van der Waals surface area (Å²) in [6.45, 7) is 34.9. The summed E-state index contributed by atoms with van der Waals surface area (Å²) in [4.78, 5) is 115. The number of aromatic amines is 2. The average molecular weight is 1110 g/mol. The van der Waals surface area contributed by atoms with Crippen LogP contribution in [0.25, 0.3) is 10.9 Å². The fourth-order valence-corrected chi connectivity index (χ4v) is 10.1. The predicted molar refractivity (Wildman–Crippen MR) is 298 cm³/mol. The Bertz CT molecular complexity index is 2780. The molecule has 1 aromatic carbocycles. The van der Waals surface area contributed by atoms with Crippen molar-refractivity contribution in [3.63, 3.8) is 0 Å². The van der Waals surface area contributed by atoms with Crippen LogP contribution in [0.1, 0.15) is 116 Å². The van der Waals surface area contributed by atoms with E-state index in [0.717, 1.165) is 16.5 Å². The number of H-pyrrole nitrogens is 2. The monoisotopic (exact) mass is 1110 g/mol. The van der Waals surface area contributed by atoms with Crippen molar-refractivity contribution < 1.29 is 51.8 Å². The molecule has 2 aromatic heterocycles. The van der Waals surface area contributed by atoms with Gasteiger partial charge in [-0.25, -0.2) is 19.2 Å². The smallest absolute Gasteiger partial charge is 0.408 e. The van der Waals surface area contributed by atoms with Gasteiger partial charge in [-0.05, 0) is 110 Å². The quantitative estimate of drug-likeness (QED) is 0.0555. The summed E-state index contributed by atoms with van der Waals surface area (Å²) in [5, 5.41) is 13.3. The van der Waals surface area contributed by atoms with Crippen molar-refractivity contribution in [1.82, 2.24) is 46.0 Å². The lowest BCUT2D eigenvalue weighted by Gasteiger charge is -2.43. The van der Waals surface area contributed by atoms with Crippen molar-refractivity contribution >= 4 is 63.4 Å². The van der Waals surface area contributed by atoms with Gasteiger partial charge in [0.15, 0.2) is 16.6 Å². The Morgan fingerprint density at radius 1 is 0.766 bits per heavy atom. The zero-order chi connectivity index (χ0) is 58.6. The van der Waals surface area contributed by atoms with E-state index in [2.05, 4.69) is 57.3 Å².